The predicted molar refractivity (Wildman–Crippen MR) is 117 cm³/mol. The molecule has 0 radical (unpaired) electrons. The van der Waals surface area contributed by atoms with Crippen LogP contribution >= 0.6 is 15.9 Å². The van der Waals surface area contributed by atoms with Crippen molar-refractivity contribution in [3.63, 3.8) is 0 Å². The summed E-state index contributed by atoms with van der Waals surface area (Å²) in [5.74, 6) is -0.496. The minimum atomic E-state index is -0.926. The zero-order valence-corrected chi connectivity index (χ0v) is 17.7. The van der Waals surface area contributed by atoms with Gasteiger partial charge in [0.2, 0.25) is 0 Å². The van der Waals surface area contributed by atoms with Gasteiger partial charge >= 0.3 is 5.97 Å². The number of carbonyl (C=O) groups is 1. The highest BCUT2D eigenvalue weighted by Crippen LogP contribution is 2.29. The first-order valence-electron chi connectivity index (χ1n) is 9.50. The highest BCUT2D eigenvalue weighted by molar-refractivity contribution is 9.10. The van der Waals surface area contributed by atoms with E-state index in [2.05, 4.69) is 41.9 Å². The summed E-state index contributed by atoms with van der Waals surface area (Å²) in [5, 5.41) is 9.80. The monoisotopic (exact) mass is 437 g/mol. The van der Waals surface area contributed by atoms with Crippen LogP contribution < -0.4 is 0 Å². The van der Waals surface area contributed by atoms with Gasteiger partial charge in [0.25, 0.3) is 0 Å². The highest BCUT2D eigenvalue weighted by atomic mass is 79.9. The van der Waals surface area contributed by atoms with Gasteiger partial charge in [0.15, 0.2) is 0 Å². The fourth-order valence-corrected chi connectivity index (χ4v) is 3.56. The Morgan fingerprint density at radius 1 is 1.00 bits per heavy atom. The Hall–Kier alpha value is -2.46. The molecule has 144 valence electrons. The largest absolute Gasteiger partial charge is 0.478 e. The quantitative estimate of drug-likeness (QED) is 0.478. The molecular weight excluding hydrogens is 414 g/mol. The maximum Gasteiger partial charge on any atom is 0.337 e. The number of aromatic carboxylic acids is 1. The topological polar surface area (TPSA) is 50.2 Å². The van der Waals surface area contributed by atoms with Crippen LogP contribution in [0.2, 0.25) is 0 Å². The molecule has 0 fully saturated rings. The second kappa shape index (κ2) is 9.16. The second-order valence-corrected chi connectivity index (χ2v) is 8.29. The fourth-order valence-electron chi connectivity index (χ4n) is 3.30. The minimum Gasteiger partial charge on any atom is -0.478 e. The first kappa shape index (κ1) is 20.3. The molecule has 0 spiro atoms. The number of hydrogen-bond acceptors (Lipinski definition) is 2. The first-order chi connectivity index (χ1) is 13.4. The lowest BCUT2D eigenvalue weighted by molar-refractivity contribution is 0.0695. The van der Waals surface area contributed by atoms with Gasteiger partial charge in [-0.2, -0.15) is 0 Å². The minimum absolute atomic E-state index is 0.293. The van der Waals surface area contributed by atoms with Gasteiger partial charge < -0.3 is 5.11 Å². The maximum atomic E-state index is 12.0. The summed E-state index contributed by atoms with van der Waals surface area (Å²) in [6.07, 6.45) is 2.19. The van der Waals surface area contributed by atoms with E-state index in [1.807, 2.05) is 42.5 Å². The van der Waals surface area contributed by atoms with Gasteiger partial charge in [-0.15, -0.1) is 0 Å². The van der Waals surface area contributed by atoms with Crippen molar-refractivity contribution in [2.24, 2.45) is 5.92 Å². The lowest BCUT2D eigenvalue weighted by atomic mass is 9.94. The van der Waals surface area contributed by atoms with Crippen LogP contribution in [0.4, 0.5) is 0 Å². The second-order valence-electron chi connectivity index (χ2n) is 7.37. The van der Waals surface area contributed by atoms with Gasteiger partial charge in [-0.05, 0) is 54.5 Å². The van der Waals surface area contributed by atoms with E-state index in [-0.39, 0.29) is 0 Å². The summed E-state index contributed by atoms with van der Waals surface area (Å²) in [4.78, 5) is 16.8. The molecule has 3 nitrogen and oxygen atoms in total. The molecule has 4 heteroatoms. The standard InChI is InChI=1S/C24H24BrNO2/c1-16(2)14-23-20(18-9-11-19(25)12-10-18)15-21(24(27)28)22(26-23)13-8-17-6-4-3-5-7-17/h3-7,9-12,15-16H,8,13-14H2,1-2H3,(H,27,28). The highest BCUT2D eigenvalue weighted by Gasteiger charge is 2.18. The molecule has 28 heavy (non-hydrogen) atoms. The average Bonchev–Trinajstić information content (AvgIpc) is 2.67. The van der Waals surface area contributed by atoms with Gasteiger partial charge in [-0.3, -0.25) is 4.98 Å². The van der Waals surface area contributed by atoms with Crippen LogP contribution in [0.1, 0.15) is 41.2 Å². The summed E-state index contributed by atoms with van der Waals surface area (Å²) in [6, 6.07) is 19.9. The van der Waals surface area contributed by atoms with Crippen LogP contribution in [-0.2, 0) is 19.3 Å². The summed E-state index contributed by atoms with van der Waals surface area (Å²) in [5.41, 5.74) is 4.99. The van der Waals surface area contributed by atoms with E-state index in [9.17, 15) is 9.90 Å². The molecule has 1 aromatic heterocycles. The molecule has 0 aliphatic carbocycles. The molecular formula is C24H24BrNO2. The van der Waals surface area contributed by atoms with Crippen LogP contribution in [0.3, 0.4) is 0 Å². The number of benzene rings is 2. The van der Waals surface area contributed by atoms with Crippen molar-refractivity contribution in [3.8, 4) is 11.1 Å². The third-order valence-corrected chi connectivity index (χ3v) is 5.19. The van der Waals surface area contributed by atoms with E-state index in [0.717, 1.165) is 34.1 Å². The molecule has 0 saturated heterocycles. The smallest absolute Gasteiger partial charge is 0.337 e. The lowest BCUT2D eigenvalue weighted by Crippen LogP contribution is -2.11. The fraction of sp³-hybridized carbons (Fsp3) is 0.250. The lowest BCUT2D eigenvalue weighted by Gasteiger charge is -2.16. The molecule has 0 aliphatic rings. The molecule has 0 saturated carbocycles. The third-order valence-electron chi connectivity index (χ3n) is 4.66. The van der Waals surface area contributed by atoms with Crippen molar-refractivity contribution < 1.29 is 9.90 Å². The number of carboxylic acids is 1. The van der Waals surface area contributed by atoms with Crippen LogP contribution in [0, 0.1) is 5.92 Å². The molecule has 2 aromatic carbocycles. The Kier molecular flexibility index (Phi) is 6.63. The van der Waals surface area contributed by atoms with E-state index >= 15 is 0 Å². The number of pyridine rings is 1. The van der Waals surface area contributed by atoms with Crippen LogP contribution in [0.5, 0.6) is 0 Å². The number of carboxylic acid groups (broad SMARTS) is 1. The predicted octanol–water partition coefficient (Wildman–Crippen LogP) is 6.19. The van der Waals surface area contributed by atoms with Gasteiger partial charge in [0.05, 0.1) is 11.3 Å². The Bertz CT molecular complexity index is 950. The Morgan fingerprint density at radius 2 is 1.68 bits per heavy atom. The zero-order valence-electron chi connectivity index (χ0n) is 16.2. The van der Waals surface area contributed by atoms with E-state index in [4.69, 9.17) is 4.98 Å². The molecule has 1 heterocycles. The summed E-state index contributed by atoms with van der Waals surface area (Å²) >= 11 is 3.46. The molecule has 0 aliphatic heterocycles. The first-order valence-corrected chi connectivity index (χ1v) is 10.3. The summed E-state index contributed by atoms with van der Waals surface area (Å²) < 4.78 is 0.993. The van der Waals surface area contributed by atoms with E-state index in [0.29, 0.717) is 23.6 Å². The molecule has 0 unspecified atom stereocenters. The number of nitrogens with zero attached hydrogens (tertiary/aromatic N) is 1. The molecule has 0 amide bonds. The number of rotatable bonds is 7. The van der Waals surface area contributed by atoms with Crippen molar-refractivity contribution in [2.45, 2.75) is 33.1 Å². The molecule has 3 aromatic rings. The van der Waals surface area contributed by atoms with Gasteiger partial charge in [0.1, 0.15) is 0 Å². The van der Waals surface area contributed by atoms with Crippen LogP contribution in [0.15, 0.2) is 65.1 Å². The van der Waals surface area contributed by atoms with Crippen molar-refractivity contribution >= 4 is 21.9 Å². The Balaban J connectivity index is 2.03. The summed E-state index contributed by atoms with van der Waals surface area (Å²) in [7, 11) is 0. The van der Waals surface area contributed by atoms with Gasteiger partial charge in [-0.1, -0.05) is 72.2 Å². The Labute approximate surface area is 174 Å². The van der Waals surface area contributed by atoms with Gasteiger partial charge in [-0.25, -0.2) is 4.79 Å². The van der Waals surface area contributed by atoms with E-state index < -0.39 is 5.97 Å². The van der Waals surface area contributed by atoms with Crippen molar-refractivity contribution in [3.05, 3.63) is 87.7 Å². The zero-order chi connectivity index (χ0) is 20.1. The van der Waals surface area contributed by atoms with Crippen molar-refractivity contribution in [1.29, 1.82) is 0 Å². The SMILES string of the molecule is CC(C)Cc1nc(CCc2ccccc2)c(C(=O)O)cc1-c1ccc(Br)cc1. The third kappa shape index (κ3) is 5.08. The summed E-state index contributed by atoms with van der Waals surface area (Å²) in [6.45, 7) is 4.31. The molecule has 0 bridgehead atoms. The number of hydrogen-bond donors (Lipinski definition) is 1. The number of halogens is 1. The normalized spacial score (nSPS) is 11.0. The van der Waals surface area contributed by atoms with Crippen LogP contribution in [0.25, 0.3) is 11.1 Å². The van der Waals surface area contributed by atoms with E-state index in [1.165, 1.54) is 5.56 Å². The van der Waals surface area contributed by atoms with E-state index in [1.54, 1.807) is 6.07 Å². The van der Waals surface area contributed by atoms with Crippen molar-refractivity contribution in [1.82, 2.24) is 4.98 Å². The maximum absolute atomic E-state index is 12.0. The number of aryl methyl sites for hydroxylation is 2. The van der Waals surface area contributed by atoms with Crippen molar-refractivity contribution in [2.75, 3.05) is 0 Å². The number of aromatic nitrogens is 1. The van der Waals surface area contributed by atoms with Crippen LogP contribution in [-0.4, -0.2) is 16.1 Å². The molecule has 3 rings (SSSR count). The Morgan fingerprint density at radius 3 is 2.29 bits per heavy atom. The average molecular weight is 438 g/mol. The van der Waals surface area contributed by atoms with Gasteiger partial charge in [0, 0.05) is 15.7 Å². The molecule has 1 N–H and O–H groups in total. The molecule has 0 atom stereocenters.